The summed E-state index contributed by atoms with van der Waals surface area (Å²) in [7, 11) is 0. The SMILES string of the molecule is O=C(NC1CCCCC1)c1csc(CN(CCC(c2ccccc2)c2ccccc2)Cc2ccc(OCc3ccccc3)cc2)n1. The molecule has 1 fully saturated rings. The second-order valence-electron chi connectivity index (χ2n) is 12.2. The standard InChI is InChI=1S/C40H43N3O2S/c44-40(41-35-19-11-4-12-20-35)38-30-46-39(42-38)28-43(26-25-37(33-15-7-2-8-16-33)34-17-9-3-10-18-34)27-31-21-23-36(24-22-31)45-29-32-13-5-1-6-14-32/h1-3,5-10,13-18,21-24,30,35,37H,4,11-12,19-20,25-29H2,(H,41,44). The summed E-state index contributed by atoms with van der Waals surface area (Å²) in [6.45, 7) is 2.89. The highest BCUT2D eigenvalue weighted by Crippen LogP contribution is 2.29. The first-order chi connectivity index (χ1) is 22.7. The molecular formula is C40H43N3O2S. The van der Waals surface area contributed by atoms with Crippen LogP contribution in [0.3, 0.4) is 0 Å². The van der Waals surface area contributed by atoms with Crippen molar-refractivity contribution in [3.63, 3.8) is 0 Å². The Morgan fingerprint density at radius 3 is 2.07 bits per heavy atom. The summed E-state index contributed by atoms with van der Waals surface area (Å²) in [5.74, 6) is 1.10. The van der Waals surface area contributed by atoms with Crippen molar-refractivity contribution in [2.24, 2.45) is 0 Å². The molecule has 236 valence electrons. The van der Waals surface area contributed by atoms with Crippen LogP contribution in [0.4, 0.5) is 0 Å². The Morgan fingerprint density at radius 1 is 0.783 bits per heavy atom. The van der Waals surface area contributed by atoms with Crippen LogP contribution in [0.1, 0.15) is 82.2 Å². The lowest BCUT2D eigenvalue weighted by molar-refractivity contribution is 0.0923. The van der Waals surface area contributed by atoms with E-state index in [0.29, 0.717) is 18.8 Å². The van der Waals surface area contributed by atoms with Gasteiger partial charge in [0.2, 0.25) is 0 Å². The number of thiazole rings is 1. The molecule has 1 aliphatic rings. The molecule has 5 aromatic rings. The van der Waals surface area contributed by atoms with Gasteiger partial charge in [0.15, 0.2) is 0 Å². The highest BCUT2D eigenvalue weighted by atomic mass is 32.1. The van der Waals surface area contributed by atoms with Gasteiger partial charge in [-0.05, 0) is 60.2 Å². The molecule has 0 aliphatic heterocycles. The van der Waals surface area contributed by atoms with Gasteiger partial charge in [-0.1, -0.05) is 122 Å². The van der Waals surface area contributed by atoms with E-state index in [-0.39, 0.29) is 17.9 Å². The quantitative estimate of drug-likeness (QED) is 0.133. The minimum atomic E-state index is -0.0414. The van der Waals surface area contributed by atoms with Gasteiger partial charge in [0.1, 0.15) is 23.1 Å². The molecule has 0 bridgehead atoms. The minimum absolute atomic E-state index is 0.0414. The van der Waals surface area contributed by atoms with Gasteiger partial charge in [-0.2, -0.15) is 0 Å². The lowest BCUT2D eigenvalue weighted by Crippen LogP contribution is -2.36. The van der Waals surface area contributed by atoms with E-state index in [2.05, 4.69) is 107 Å². The van der Waals surface area contributed by atoms with Crippen LogP contribution < -0.4 is 10.1 Å². The predicted molar refractivity (Wildman–Crippen MR) is 187 cm³/mol. The van der Waals surface area contributed by atoms with Crippen LogP contribution in [0, 0.1) is 0 Å². The first-order valence-corrected chi connectivity index (χ1v) is 17.4. The zero-order valence-corrected chi connectivity index (χ0v) is 27.2. The van der Waals surface area contributed by atoms with Gasteiger partial charge < -0.3 is 10.1 Å². The van der Waals surface area contributed by atoms with Crippen LogP contribution in [0.25, 0.3) is 0 Å². The molecule has 0 spiro atoms. The van der Waals surface area contributed by atoms with E-state index in [1.165, 1.54) is 36.0 Å². The predicted octanol–water partition coefficient (Wildman–Crippen LogP) is 9.01. The highest BCUT2D eigenvalue weighted by Gasteiger charge is 2.21. The third kappa shape index (κ3) is 9.15. The maximum atomic E-state index is 13.0. The Hall–Kier alpha value is -4.26. The van der Waals surface area contributed by atoms with Crippen LogP contribution in [0.15, 0.2) is 121 Å². The van der Waals surface area contributed by atoms with Crippen molar-refractivity contribution in [2.45, 2.75) is 70.2 Å². The molecule has 4 aromatic carbocycles. The molecule has 6 heteroatoms. The van der Waals surface area contributed by atoms with Gasteiger partial charge in [-0.25, -0.2) is 4.98 Å². The van der Waals surface area contributed by atoms with Crippen molar-refractivity contribution in [3.8, 4) is 5.75 Å². The Labute approximate surface area is 277 Å². The van der Waals surface area contributed by atoms with Crippen LogP contribution in [-0.2, 0) is 19.7 Å². The van der Waals surface area contributed by atoms with Gasteiger partial charge in [0, 0.05) is 23.9 Å². The molecular weight excluding hydrogens is 587 g/mol. The van der Waals surface area contributed by atoms with Gasteiger partial charge in [0.05, 0.1) is 6.54 Å². The fourth-order valence-corrected chi connectivity index (χ4v) is 7.11. The summed E-state index contributed by atoms with van der Waals surface area (Å²) < 4.78 is 6.04. The monoisotopic (exact) mass is 629 g/mol. The summed E-state index contributed by atoms with van der Waals surface area (Å²) in [5.41, 5.74) is 5.56. The molecule has 6 rings (SSSR count). The van der Waals surface area contributed by atoms with E-state index in [0.717, 1.165) is 48.7 Å². The van der Waals surface area contributed by atoms with Crippen molar-refractivity contribution in [1.29, 1.82) is 0 Å². The molecule has 1 aliphatic carbocycles. The van der Waals surface area contributed by atoms with E-state index in [1.807, 2.05) is 23.6 Å². The number of rotatable bonds is 14. The van der Waals surface area contributed by atoms with E-state index in [9.17, 15) is 4.79 Å². The number of amides is 1. The molecule has 1 aromatic heterocycles. The molecule has 5 nitrogen and oxygen atoms in total. The average molecular weight is 630 g/mol. The molecule has 1 N–H and O–H groups in total. The summed E-state index contributed by atoms with van der Waals surface area (Å²) in [6, 6.07) is 40.5. The number of carbonyl (C=O) groups is 1. The molecule has 0 unspecified atom stereocenters. The number of nitrogens with zero attached hydrogens (tertiary/aromatic N) is 2. The summed E-state index contributed by atoms with van der Waals surface area (Å²) in [4.78, 5) is 20.3. The Bertz CT molecular complexity index is 1580. The molecule has 1 saturated carbocycles. The van der Waals surface area contributed by atoms with Crippen molar-refractivity contribution >= 4 is 17.2 Å². The van der Waals surface area contributed by atoms with Crippen LogP contribution in [0.2, 0.25) is 0 Å². The fourth-order valence-electron chi connectivity index (χ4n) is 6.30. The maximum absolute atomic E-state index is 13.0. The highest BCUT2D eigenvalue weighted by molar-refractivity contribution is 7.09. The Balaban J connectivity index is 1.16. The van der Waals surface area contributed by atoms with Crippen LogP contribution in [-0.4, -0.2) is 28.4 Å². The lowest BCUT2D eigenvalue weighted by atomic mass is 9.88. The van der Waals surface area contributed by atoms with Crippen molar-refractivity contribution in [1.82, 2.24) is 15.2 Å². The number of benzene rings is 4. The molecule has 0 saturated heterocycles. The summed E-state index contributed by atoms with van der Waals surface area (Å²) >= 11 is 1.58. The first kappa shape index (κ1) is 31.7. The van der Waals surface area contributed by atoms with Gasteiger partial charge >= 0.3 is 0 Å². The number of nitrogens with one attached hydrogen (secondary N) is 1. The van der Waals surface area contributed by atoms with Crippen molar-refractivity contribution in [3.05, 3.63) is 154 Å². The van der Waals surface area contributed by atoms with Crippen molar-refractivity contribution < 1.29 is 9.53 Å². The van der Waals surface area contributed by atoms with Gasteiger partial charge in [-0.3, -0.25) is 9.69 Å². The third-order valence-corrected chi connectivity index (χ3v) is 9.63. The van der Waals surface area contributed by atoms with E-state index >= 15 is 0 Å². The number of carbonyl (C=O) groups excluding carboxylic acids is 1. The number of aromatic nitrogens is 1. The third-order valence-electron chi connectivity index (χ3n) is 8.80. The topological polar surface area (TPSA) is 54.5 Å². The molecule has 46 heavy (non-hydrogen) atoms. The van der Waals surface area contributed by atoms with E-state index < -0.39 is 0 Å². The largest absolute Gasteiger partial charge is 0.489 e. The van der Waals surface area contributed by atoms with Gasteiger partial charge in [-0.15, -0.1) is 11.3 Å². The van der Waals surface area contributed by atoms with Crippen molar-refractivity contribution in [2.75, 3.05) is 6.54 Å². The number of hydrogen-bond acceptors (Lipinski definition) is 5. The fraction of sp³-hybridized carbons (Fsp3) is 0.300. The van der Waals surface area contributed by atoms with Crippen LogP contribution in [0.5, 0.6) is 5.75 Å². The minimum Gasteiger partial charge on any atom is -0.489 e. The average Bonchev–Trinajstić information content (AvgIpc) is 3.59. The molecule has 1 amide bonds. The summed E-state index contributed by atoms with van der Waals surface area (Å²) in [5, 5.41) is 6.11. The lowest BCUT2D eigenvalue weighted by Gasteiger charge is -2.25. The zero-order chi connectivity index (χ0) is 31.4. The zero-order valence-electron chi connectivity index (χ0n) is 26.4. The Morgan fingerprint density at radius 2 is 1.41 bits per heavy atom. The smallest absolute Gasteiger partial charge is 0.270 e. The normalized spacial score (nSPS) is 13.6. The second kappa shape index (κ2) is 16.3. The van der Waals surface area contributed by atoms with Crippen LogP contribution >= 0.6 is 11.3 Å². The number of hydrogen-bond donors (Lipinski definition) is 1. The maximum Gasteiger partial charge on any atom is 0.270 e. The summed E-state index contributed by atoms with van der Waals surface area (Å²) in [6.07, 6.45) is 6.74. The van der Waals surface area contributed by atoms with E-state index in [1.54, 1.807) is 11.3 Å². The molecule has 1 heterocycles. The second-order valence-corrected chi connectivity index (χ2v) is 13.2. The van der Waals surface area contributed by atoms with E-state index in [4.69, 9.17) is 9.72 Å². The van der Waals surface area contributed by atoms with Gasteiger partial charge in [0.25, 0.3) is 5.91 Å². The molecule has 0 radical (unpaired) electrons. The Kier molecular flexibility index (Phi) is 11.3. The number of ether oxygens (including phenoxy) is 1. The molecule has 0 atom stereocenters. The first-order valence-electron chi connectivity index (χ1n) is 16.5.